The van der Waals surface area contributed by atoms with Gasteiger partial charge in [-0.2, -0.15) is 0 Å². The van der Waals surface area contributed by atoms with Crippen molar-refractivity contribution in [2.45, 2.75) is 69.2 Å². The molecule has 2 saturated heterocycles. The molecule has 11 nitrogen and oxygen atoms in total. The Kier molecular flexibility index (Phi) is 9.94. The van der Waals surface area contributed by atoms with E-state index >= 15 is 4.39 Å². The molecule has 250 valence electrons. The lowest BCUT2D eigenvalue weighted by atomic mass is 10.1. The van der Waals surface area contributed by atoms with E-state index in [-0.39, 0.29) is 39.0 Å². The molecule has 4 aromatic heterocycles. The lowest BCUT2D eigenvalue weighted by Gasteiger charge is -2.19. The molecule has 2 fully saturated rings. The standard InChI is InChI=1S/C19H18ClF2N3O2.C11H10ClF2N3O3/c1-2-13-16(26-9-11-6-4-3-5-7-11)15(22)19(27-13)25-8-12(21)14-17(20)23-10-24-18(14)25;12-9-6-4(13)1-17(10(6)16-3-15-9)11-7(14)8(19)5(2-18)20-11/h3-8,10,13,15-16,19H,2,9H2,1H3;1,3,5,7-8,11,18-19H,2H2/t13-,15+,16?,19-;5-,7+,8?,11-/m11/s1. The Hall–Kier alpha value is -3.44. The maximum Gasteiger partial charge on any atom is 0.174 e. The molecule has 2 aliphatic heterocycles. The van der Waals surface area contributed by atoms with Crippen LogP contribution in [0.2, 0.25) is 10.3 Å². The largest absolute Gasteiger partial charge is 0.394 e. The van der Waals surface area contributed by atoms with Gasteiger partial charge in [0.15, 0.2) is 36.4 Å². The van der Waals surface area contributed by atoms with Crippen LogP contribution in [0.4, 0.5) is 17.6 Å². The molecule has 6 heterocycles. The monoisotopic (exact) mass is 698 g/mol. The van der Waals surface area contributed by atoms with E-state index in [0.717, 1.165) is 28.9 Å². The van der Waals surface area contributed by atoms with Gasteiger partial charge in [-0.1, -0.05) is 60.5 Å². The number of aromatic nitrogens is 6. The van der Waals surface area contributed by atoms with Crippen LogP contribution in [0, 0.1) is 11.6 Å². The highest BCUT2D eigenvalue weighted by Crippen LogP contribution is 2.39. The molecule has 0 bridgehead atoms. The molecule has 2 aliphatic rings. The molecule has 0 spiro atoms. The number of fused-ring (bicyclic) bond motifs is 2. The zero-order chi connectivity index (χ0) is 33.4. The average molecular weight is 699 g/mol. The zero-order valence-corrected chi connectivity index (χ0v) is 26.0. The van der Waals surface area contributed by atoms with Crippen LogP contribution in [0.15, 0.2) is 55.4 Å². The van der Waals surface area contributed by atoms with Crippen LogP contribution in [0.5, 0.6) is 0 Å². The van der Waals surface area contributed by atoms with Crippen LogP contribution < -0.4 is 0 Å². The fourth-order valence-corrected chi connectivity index (χ4v) is 6.12. The second-order valence-electron chi connectivity index (χ2n) is 10.9. The molecule has 8 atom stereocenters. The van der Waals surface area contributed by atoms with E-state index in [1.165, 1.54) is 10.9 Å². The number of benzene rings is 1. The van der Waals surface area contributed by atoms with E-state index in [9.17, 15) is 18.3 Å². The molecule has 2 unspecified atom stereocenters. The third-order valence-electron chi connectivity index (χ3n) is 8.01. The van der Waals surface area contributed by atoms with E-state index in [1.807, 2.05) is 37.3 Å². The second kappa shape index (κ2) is 14.0. The Morgan fingerprint density at radius 1 is 0.830 bits per heavy atom. The number of hydrogen-bond donors (Lipinski definition) is 2. The number of nitrogens with zero attached hydrogens (tertiary/aromatic N) is 6. The van der Waals surface area contributed by atoms with Gasteiger partial charge in [0.25, 0.3) is 0 Å². The number of halogens is 6. The van der Waals surface area contributed by atoms with Gasteiger partial charge >= 0.3 is 0 Å². The van der Waals surface area contributed by atoms with Crippen molar-refractivity contribution >= 4 is 45.3 Å². The topological polar surface area (TPSA) is 130 Å². The van der Waals surface area contributed by atoms with Crippen LogP contribution in [-0.2, 0) is 20.8 Å². The lowest BCUT2D eigenvalue weighted by Crippen LogP contribution is -2.31. The maximum atomic E-state index is 15.2. The maximum absolute atomic E-state index is 15.2. The molecule has 0 saturated carbocycles. The van der Waals surface area contributed by atoms with Crippen molar-refractivity contribution in [3.63, 3.8) is 0 Å². The van der Waals surface area contributed by atoms with Crippen LogP contribution in [0.3, 0.4) is 0 Å². The van der Waals surface area contributed by atoms with Gasteiger partial charge in [-0.15, -0.1) is 0 Å². The van der Waals surface area contributed by atoms with Gasteiger partial charge in [0.1, 0.15) is 52.6 Å². The minimum atomic E-state index is -1.82. The van der Waals surface area contributed by atoms with E-state index in [1.54, 1.807) is 0 Å². The predicted molar refractivity (Wildman–Crippen MR) is 161 cm³/mol. The summed E-state index contributed by atoms with van der Waals surface area (Å²) in [5.41, 5.74) is 1.19. The Morgan fingerprint density at radius 2 is 1.36 bits per heavy atom. The third-order valence-corrected chi connectivity index (χ3v) is 8.58. The normalized spacial score (nSPS) is 27.4. The van der Waals surface area contributed by atoms with Crippen LogP contribution >= 0.6 is 23.2 Å². The molecule has 0 radical (unpaired) electrons. The van der Waals surface area contributed by atoms with E-state index in [0.29, 0.717) is 6.42 Å². The van der Waals surface area contributed by atoms with E-state index in [4.69, 9.17) is 42.5 Å². The molecule has 1 aromatic carbocycles. The first-order valence-electron chi connectivity index (χ1n) is 14.5. The fraction of sp³-hybridized carbons (Fsp3) is 0.400. The van der Waals surface area contributed by atoms with Crippen molar-refractivity contribution in [2.75, 3.05) is 6.61 Å². The Morgan fingerprint density at radius 3 is 1.87 bits per heavy atom. The fourth-order valence-electron chi connectivity index (χ4n) is 5.69. The first kappa shape index (κ1) is 33.5. The summed E-state index contributed by atoms with van der Waals surface area (Å²) in [5.74, 6) is -1.34. The number of alkyl halides is 2. The highest BCUT2D eigenvalue weighted by Gasteiger charge is 2.47. The lowest BCUT2D eigenvalue weighted by molar-refractivity contribution is -0.0459. The Balaban J connectivity index is 0.000000172. The molecule has 0 aliphatic carbocycles. The quantitative estimate of drug-likeness (QED) is 0.173. The van der Waals surface area contributed by atoms with E-state index < -0.39 is 67.5 Å². The molecular formula is C30H28Cl2F4N6O5. The van der Waals surface area contributed by atoms with Crippen molar-refractivity contribution in [2.24, 2.45) is 0 Å². The first-order chi connectivity index (χ1) is 22.6. The number of aliphatic hydroxyl groups excluding tert-OH is 2. The average Bonchev–Trinajstić information content (AvgIpc) is 3.78. The number of aliphatic hydroxyl groups is 2. The van der Waals surface area contributed by atoms with Crippen molar-refractivity contribution in [1.29, 1.82) is 0 Å². The summed E-state index contributed by atoms with van der Waals surface area (Å²) in [4.78, 5) is 15.3. The molecule has 17 heteroatoms. The molecule has 2 N–H and O–H groups in total. The van der Waals surface area contributed by atoms with Gasteiger partial charge < -0.3 is 24.4 Å². The molecule has 0 amide bonds. The minimum Gasteiger partial charge on any atom is -0.394 e. The van der Waals surface area contributed by atoms with Crippen LogP contribution in [-0.4, -0.2) is 82.6 Å². The molecular weight excluding hydrogens is 671 g/mol. The minimum absolute atomic E-state index is 0.0198. The van der Waals surface area contributed by atoms with Gasteiger partial charge in [-0.25, -0.2) is 37.5 Å². The van der Waals surface area contributed by atoms with Crippen LogP contribution in [0.25, 0.3) is 22.1 Å². The summed E-state index contributed by atoms with van der Waals surface area (Å²) in [5, 5.41) is 18.5. The van der Waals surface area contributed by atoms with Crippen molar-refractivity contribution < 1.29 is 42.0 Å². The molecule has 47 heavy (non-hydrogen) atoms. The summed E-state index contributed by atoms with van der Waals surface area (Å²) in [7, 11) is 0. The van der Waals surface area contributed by atoms with Crippen molar-refractivity contribution in [3.05, 3.63) is 82.9 Å². The summed E-state index contributed by atoms with van der Waals surface area (Å²) in [6.45, 7) is 1.62. The number of rotatable bonds is 7. The van der Waals surface area contributed by atoms with Gasteiger partial charge in [-0.05, 0) is 12.0 Å². The number of ether oxygens (including phenoxy) is 3. The Bertz CT molecular complexity index is 1850. The van der Waals surface area contributed by atoms with Crippen molar-refractivity contribution in [1.82, 2.24) is 29.1 Å². The van der Waals surface area contributed by atoms with Gasteiger partial charge in [0, 0.05) is 12.4 Å². The summed E-state index contributed by atoms with van der Waals surface area (Å²) in [6, 6.07) is 9.53. The summed E-state index contributed by atoms with van der Waals surface area (Å²) < 4.78 is 76.8. The van der Waals surface area contributed by atoms with Gasteiger partial charge in [0.05, 0.1) is 30.1 Å². The smallest absolute Gasteiger partial charge is 0.174 e. The summed E-state index contributed by atoms with van der Waals surface area (Å²) in [6.07, 6.45) is -4.42. The highest BCUT2D eigenvalue weighted by molar-refractivity contribution is 6.34. The molecule has 5 aromatic rings. The second-order valence-corrected chi connectivity index (χ2v) is 11.6. The third kappa shape index (κ3) is 6.28. The van der Waals surface area contributed by atoms with Crippen LogP contribution in [0.1, 0.15) is 31.4 Å². The van der Waals surface area contributed by atoms with E-state index in [2.05, 4.69) is 19.9 Å². The molecule has 7 rings (SSSR count). The SMILES string of the molecule is CC[C@H]1O[C@@H](n2cc(F)c3c(Cl)ncnc32)[C@@H](F)C1OCc1ccccc1.OC[C@H]1O[C@@H](n2cc(F)c3c(Cl)ncnc32)[C@@H](F)C1O. The van der Waals surface area contributed by atoms with Gasteiger partial charge in [0.2, 0.25) is 0 Å². The van der Waals surface area contributed by atoms with Gasteiger partial charge in [-0.3, -0.25) is 9.13 Å². The highest BCUT2D eigenvalue weighted by atomic mass is 35.5. The predicted octanol–water partition coefficient (Wildman–Crippen LogP) is 5.27. The Labute approximate surface area is 274 Å². The first-order valence-corrected chi connectivity index (χ1v) is 15.3. The van der Waals surface area contributed by atoms with Crippen molar-refractivity contribution in [3.8, 4) is 0 Å². The number of hydrogen-bond acceptors (Lipinski definition) is 9. The zero-order valence-electron chi connectivity index (χ0n) is 24.5. The summed E-state index contributed by atoms with van der Waals surface area (Å²) >= 11 is 11.7.